The predicted octanol–water partition coefficient (Wildman–Crippen LogP) is 2.73. The summed E-state index contributed by atoms with van der Waals surface area (Å²) in [4.78, 5) is 12.3. The lowest BCUT2D eigenvalue weighted by atomic mass is 9.92. The fraction of sp³-hybridized carbons (Fsp3) is 0.500. The summed E-state index contributed by atoms with van der Waals surface area (Å²) in [5.41, 5.74) is -1.96. The average molecular weight is 258 g/mol. The number of carbonyl (C=O) groups excluding carboxylic acids is 1. The second kappa shape index (κ2) is 4.52. The second-order valence-electron chi connectivity index (χ2n) is 4.64. The number of carbonyl (C=O) groups is 1. The first-order chi connectivity index (χ1) is 11.9. The van der Waals surface area contributed by atoms with Gasteiger partial charge in [-0.15, -0.1) is 0 Å². The SMILES string of the molecule is [2H]c1c([2H])c(C2([2H])C([2H])([2H])N(C(=O)OC(C)(C)C)C2([2H])[2H])c([2H])c([2H])c1O. The van der Waals surface area contributed by atoms with Crippen LogP contribution in [0.15, 0.2) is 24.2 Å². The van der Waals surface area contributed by atoms with E-state index in [1.807, 2.05) is 0 Å². The topological polar surface area (TPSA) is 49.8 Å². The van der Waals surface area contributed by atoms with E-state index in [0.717, 1.165) is 0 Å². The van der Waals surface area contributed by atoms with Crippen LogP contribution in [0.4, 0.5) is 4.79 Å². The van der Waals surface area contributed by atoms with E-state index in [9.17, 15) is 9.90 Å². The first-order valence-corrected chi connectivity index (χ1v) is 5.26. The van der Waals surface area contributed by atoms with Crippen molar-refractivity contribution in [2.75, 3.05) is 13.0 Å². The molecule has 0 unspecified atom stereocenters. The summed E-state index contributed by atoms with van der Waals surface area (Å²) in [5.74, 6) is -3.99. The molecule has 0 spiro atoms. The lowest BCUT2D eigenvalue weighted by Gasteiger charge is -2.40. The third-order valence-electron chi connectivity index (χ3n) is 1.89. The van der Waals surface area contributed by atoms with Crippen molar-refractivity contribution in [2.24, 2.45) is 0 Å². The lowest BCUT2D eigenvalue weighted by molar-refractivity contribution is 0.00819. The molecule has 1 amide bonds. The van der Waals surface area contributed by atoms with Crippen LogP contribution < -0.4 is 0 Å². The molecular formula is C14H19NO3. The van der Waals surface area contributed by atoms with Gasteiger partial charge in [-0.3, -0.25) is 0 Å². The van der Waals surface area contributed by atoms with Gasteiger partial charge in [-0.05, 0) is 38.4 Å². The molecule has 1 saturated heterocycles. The predicted molar refractivity (Wildman–Crippen MR) is 68.7 cm³/mol. The number of benzene rings is 1. The summed E-state index contributed by atoms with van der Waals surface area (Å²) in [6.07, 6.45) is -1.37. The molecule has 0 aliphatic carbocycles. The fourth-order valence-corrected chi connectivity index (χ4v) is 1.17. The Balaban J connectivity index is 2.69. The minimum absolute atomic E-state index is 0.0667. The molecule has 2 rings (SSSR count). The third-order valence-corrected chi connectivity index (χ3v) is 1.89. The van der Waals surface area contributed by atoms with Gasteiger partial charge in [0.2, 0.25) is 0 Å². The highest BCUT2D eigenvalue weighted by molar-refractivity contribution is 5.69. The van der Waals surface area contributed by atoms with Crippen LogP contribution in [0.5, 0.6) is 5.75 Å². The van der Waals surface area contributed by atoms with Crippen LogP contribution in [0.3, 0.4) is 0 Å². The van der Waals surface area contributed by atoms with Gasteiger partial charge in [-0.25, -0.2) is 4.79 Å². The molecule has 4 heteroatoms. The highest BCUT2D eigenvalue weighted by atomic mass is 16.6. The summed E-state index contributed by atoms with van der Waals surface area (Å²) in [6.45, 7) is -1.63. The highest BCUT2D eigenvalue weighted by Gasteiger charge is 2.34. The zero-order valence-corrected chi connectivity index (χ0v) is 10.2. The lowest BCUT2D eigenvalue weighted by Crippen LogP contribution is -2.50. The highest BCUT2D eigenvalue weighted by Crippen LogP contribution is 2.29. The number of aromatic hydroxyl groups is 1. The van der Waals surface area contributed by atoms with Crippen LogP contribution in [-0.2, 0) is 4.74 Å². The number of likely N-dealkylation sites (tertiary alicyclic amines) is 1. The maximum Gasteiger partial charge on any atom is 0.410 e. The summed E-state index contributed by atoms with van der Waals surface area (Å²) in [6, 6.07) is -3.78. The summed E-state index contributed by atoms with van der Waals surface area (Å²) >= 11 is 0. The molecule has 1 fully saturated rings. The van der Waals surface area contributed by atoms with Crippen molar-refractivity contribution in [3.8, 4) is 5.75 Å². The van der Waals surface area contributed by atoms with Crippen LogP contribution in [-0.4, -0.2) is 34.7 Å². The molecule has 1 aromatic carbocycles. The number of amides is 1. The fourth-order valence-electron chi connectivity index (χ4n) is 1.17. The molecule has 1 aliphatic rings. The van der Waals surface area contributed by atoms with Gasteiger partial charge in [0.05, 0.1) is 11.0 Å². The number of rotatable bonds is 1. The van der Waals surface area contributed by atoms with E-state index in [0.29, 0.717) is 0 Å². The number of hydrogen-bond acceptors (Lipinski definition) is 3. The van der Waals surface area contributed by atoms with Crippen molar-refractivity contribution in [1.82, 2.24) is 4.90 Å². The molecule has 98 valence electrons. The average Bonchev–Trinajstić information content (AvgIpc) is 2.48. The van der Waals surface area contributed by atoms with Crippen LogP contribution in [0.25, 0.3) is 0 Å². The van der Waals surface area contributed by atoms with Crippen molar-refractivity contribution >= 4 is 6.09 Å². The van der Waals surface area contributed by atoms with E-state index in [1.54, 1.807) is 0 Å². The standard InChI is InChI=1S/C14H19NO3/c1-14(2,3)18-13(17)15-8-11(9-15)10-4-6-12(16)7-5-10/h4-7,11,16H,8-9H2,1-3H3/i4D,5D,6D,7D,8D2,9D2,11D. The Morgan fingerprint density at radius 2 is 2.06 bits per heavy atom. The van der Waals surface area contributed by atoms with E-state index < -0.39 is 66.1 Å². The zero-order chi connectivity index (χ0) is 21.3. The van der Waals surface area contributed by atoms with Gasteiger partial charge in [-0.1, -0.05) is 12.1 Å². The van der Waals surface area contributed by atoms with Crippen LogP contribution in [0, 0.1) is 0 Å². The van der Waals surface area contributed by atoms with Crippen molar-refractivity contribution < 1.29 is 27.0 Å². The monoisotopic (exact) mass is 258 g/mol. The summed E-state index contributed by atoms with van der Waals surface area (Å²) < 4.78 is 76.9. The Bertz CT molecular complexity index is 774. The minimum atomic E-state index is -3.06. The second-order valence-corrected chi connectivity index (χ2v) is 4.64. The largest absolute Gasteiger partial charge is 0.508 e. The van der Waals surface area contributed by atoms with E-state index in [2.05, 4.69) is 0 Å². The van der Waals surface area contributed by atoms with Crippen molar-refractivity contribution in [3.63, 3.8) is 0 Å². The quantitative estimate of drug-likeness (QED) is 0.842. The summed E-state index contributed by atoms with van der Waals surface area (Å²) in [7, 11) is 0. The Morgan fingerprint density at radius 3 is 2.56 bits per heavy atom. The maximum absolute atomic E-state index is 12.3. The maximum atomic E-state index is 12.3. The van der Waals surface area contributed by atoms with E-state index >= 15 is 0 Å². The molecule has 0 saturated carbocycles. The van der Waals surface area contributed by atoms with Gasteiger partial charge in [0.15, 0.2) is 0 Å². The Morgan fingerprint density at radius 1 is 1.50 bits per heavy atom. The number of phenols is 1. The first kappa shape index (κ1) is 5.51. The van der Waals surface area contributed by atoms with Crippen LogP contribution in [0.2, 0.25) is 0 Å². The molecule has 1 N–H and O–H groups in total. The molecule has 0 atom stereocenters. The van der Waals surface area contributed by atoms with E-state index in [-0.39, 0.29) is 4.90 Å². The Hall–Kier alpha value is -1.71. The van der Waals surface area contributed by atoms with Crippen molar-refractivity contribution in [1.29, 1.82) is 0 Å². The van der Waals surface area contributed by atoms with Gasteiger partial charge in [-0.2, -0.15) is 0 Å². The van der Waals surface area contributed by atoms with Crippen LogP contribution in [0.1, 0.15) is 44.6 Å². The Labute approximate surface area is 120 Å². The summed E-state index contributed by atoms with van der Waals surface area (Å²) in [5, 5.41) is 9.63. The van der Waals surface area contributed by atoms with Crippen molar-refractivity contribution in [2.45, 2.75) is 32.3 Å². The number of hydrogen-bond donors (Lipinski definition) is 1. The van der Waals surface area contributed by atoms with Crippen LogP contribution >= 0.6 is 0 Å². The van der Waals surface area contributed by atoms with E-state index in [4.69, 9.17) is 17.1 Å². The molecule has 0 aromatic heterocycles. The molecule has 1 aliphatic heterocycles. The molecule has 0 bridgehead atoms. The molecule has 18 heavy (non-hydrogen) atoms. The molecular weight excluding hydrogens is 230 g/mol. The van der Waals surface area contributed by atoms with Gasteiger partial charge >= 0.3 is 6.09 Å². The van der Waals surface area contributed by atoms with Gasteiger partial charge in [0, 0.05) is 20.3 Å². The zero-order valence-electron chi connectivity index (χ0n) is 19.2. The minimum Gasteiger partial charge on any atom is -0.508 e. The molecule has 1 heterocycles. The molecule has 4 nitrogen and oxygen atoms in total. The van der Waals surface area contributed by atoms with Gasteiger partial charge in [0.1, 0.15) is 11.4 Å². The number of nitrogens with zero attached hydrogens (tertiary/aromatic N) is 1. The first-order valence-electron chi connectivity index (χ1n) is 9.76. The molecule has 0 radical (unpaired) electrons. The smallest absolute Gasteiger partial charge is 0.410 e. The Kier molecular flexibility index (Phi) is 1.38. The number of phenolic OH excluding ortho intramolecular Hbond substituents is 1. The van der Waals surface area contributed by atoms with E-state index in [1.165, 1.54) is 20.8 Å². The third kappa shape index (κ3) is 2.94. The number of ether oxygens (including phenoxy) is 1. The van der Waals surface area contributed by atoms with Gasteiger partial charge < -0.3 is 14.7 Å². The van der Waals surface area contributed by atoms with Gasteiger partial charge in [0.25, 0.3) is 0 Å². The molecule has 1 aromatic rings. The normalized spacial score (nSPS) is 30.8. The van der Waals surface area contributed by atoms with Crippen molar-refractivity contribution in [3.05, 3.63) is 29.7 Å².